The highest BCUT2D eigenvalue weighted by molar-refractivity contribution is 9.10. The summed E-state index contributed by atoms with van der Waals surface area (Å²) in [4.78, 5) is 0. The van der Waals surface area contributed by atoms with Crippen molar-refractivity contribution in [2.24, 2.45) is 0 Å². The number of unbranched alkanes of at least 4 members (excludes halogenated alkanes) is 1. The van der Waals surface area contributed by atoms with Crippen LogP contribution in [0.15, 0.2) is 35.3 Å². The standard InChI is InChI=1S/C20H33BrO3Si/c1-8-9-10-11-17(24-25(6,7)20(2,3)4)15-23-19-13-12-16(22-5)14-18(19)21/h8,12-14,17H,1,9-11,15H2,2-7H3. The lowest BCUT2D eigenvalue weighted by molar-refractivity contribution is 0.106. The molecule has 25 heavy (non-hydrogen) atoms. The third-order valence-corrected chi connectivity index (χ3v) is 9.92. The van der Waals surface area contributed by atoms with Gasteiger partial charge in [-0.15, -0.1) is 6.58 Å². The molecular weight excluding hydrogens is 396 g/mol. The Balaban J connectivity index is 2.78. The molecule has 0 aliphatic carbocycles. The molecule has 1 aromatic rings. The number of benzene rings is 1. The minimum Gasteiger partial charge on any atom is -0.497 e. The van der Waals surface area contributed by atoms with Gasteiger partial charge in [0.25, 0.3) is 0 Å². The molecule has 0 aliphatic rings. The van der Waals surface area contributed by atoms with E-state index in [1.54, 1.807) is 7.11 Å². The van der Waals surface area contributed by atoms with Gasteiger partial charge in [0.1, 0.15) is 18.1 Å². The molecule has 142 valence electrons. The van der Waals surface area contributed by atoms with Crippen molar-refractivity contribution in [2.75, 3.05) is 13.7 Å². The zero-order valence-corrected chi connectivity index (χ0v) is 19.1. The minimum atomic E-state index is -1.83. The summed E-state index contributed by atoms with van der Waals surface area (Å²) in [6.07, 6.45) is 5.10. The molecule has 0 saturated heterocycles. The molecule has 0 radical (unpaired) electrons. The lowest BCUT2D eigenvalue weighted by Crippen LogP contribution is -2.45. The highest BCUT2D eigenvalue weighted by Gasteiger charge is 2.39. The monoisotopic (exact) mass is 428 g/mol. The summed E-state index contributed by atoms with van der Waals surface area (Å²) in [5.41, 5.74) is 0. The zero-order valence-electron chi connectivity index (χ0n) is 16.5. The van der Waals surface area contributed by atoms with Gasteiger partial charge in [-0.2, -0.15) is 0 Å². The first kappa shape index (κ1) is 22.3. The lowest BCUT2D eigenvalue weighted by Gasteiger charge is -2.39. The van der Waals surface area contributed by atoms with E-state index < -0.39 is 8.32 Å². The van der Waals surface area contributed by atoms with Crippen molar-refractivity contribution in [1.29, 1.82) is 0 Å². The number of rotatable bonds is 10. The predicted octanol–water partition coefficient (Wildman–Crippen LogP) is 6.58. The summed E-state index contributed by atoms with van der Waals surface area (Å²) in [5, 5.41) is 0.185. The smallest absolute Gasteiger partial charge is 0.192 e. The van der Waals surface area contributed by atoms with Crippen LogP contribution in [0.3, 0.4) is 0 Å². The Labute approximate surface area is 163 Å². The van der Waals surface area contributed by atoms with E-state index in [1.165, 1.54) is 0 Å². The second kappa shape index (κ2) is 9.79. The van der Waals surface area contributed by atoms with E-state index in [1.807, 2.05) is 24.3 Å². The molecule has 5 heteroatoms. The summed E-state index contributed by atoms with van der Waals surface area (Å²) in [7, 11) is -0.174. The second-order valence-electron chi connectivity index (χ2n) is 7.83. The highest BCUT2D eigenvalue weighted by Crippen LogP contribution is 2.38. The molecule has 1 aromatic carbocycles. The average molecular weight is 429 g/mol. The fourth-order valence-corrected chi connectivity index (χ4v) is 4.01. The maximum Gasteiger partial charge on any atom is 0.192 e. The van der Waals surface area contributed by atoms with Gasteiger partial charge in [-0.25, -0.2) is 0 Å². The molecular formula is C20H33BrO3Si. The van der Waals surface area contributed by atoms with Gasteiger partial charge >= 0.3 is 0 Å². The van der Waals surface area contributed by atoms with Crippen LogP contribution in [0, 0.1) is 0 Å². The summed E-state index contributed by atoms with van der Waals surface area (Å²) in [5.74, 6) is 1.62. The molecule has 0 aliphatic heterocycles. The molecule has 0 bridgehead atoms. The van der Waals surface area contributed by atoms with Crippen LogP contribution >= 0.6 is 15.9 Å². The van der Waals surface area contributed by atoms with Gasteiger partial charge < -0.3 is 13.9 Å². The Kier molecular flexibility index (Phi) is 8.71. The van der Waals surface area contributed by atoms with Gasteiger partial charge in [-0.1, -0.05) is 26.8 Å². The van der Waals surface area contributed by atoms with Crippen molar-refractivity contribution < 1.29 is 13.9 Å². The summed E-state index contributed by atoms with van der Waals surface area (Å²) >= 11 is 3.54. The quantitative estimate of drug-likeness (QED) is 0.239. The van der Waals surface area contributed by atoms with Crippen LogP contribution in [-0.4, -0.2) is 28.1 Å². The van der Waals surface area contributed by atoms with E-state index in [0.29, 0.717) is 6.61 Å². The van der Waals surface area contributed by atoms with E-state index in [-0.39, 0.29) is 11.1 Å². The van der Waals surface area contributed by atoms with Gasteiger partial charge in [-0.3, -0.25) is 0 Å². The Bertz CT molecular complexity index is 552. The number of halogens is 1. The van der Waals surface area contributed by atoms with Crippen LogP contribution in [0.25, 0.3) is 0 Å². The molecule has 1 atom stereocenters. The Hall–Kier alpha value is -0.783. The third kappa shape index (κ3) is 7.16. The van der Waals surface area contributed by atoms with Gasteiger partial charge in [0.15, 0.2) is 8.32 Å². The number of hydrogen-bond acceptors (Lipinski definition) is 3. The molecule has 0 amide bonds. The van der Waals surface area contributed by atoms with Crippen molar-refractivity contribution in [3.63, 3.8) is 0 Å². The van der Waals surface area contributed by atoms with Crippen LogP contribution in [0.2, 0.25) is 18.1 Å². The largest absolute Gasteiger partial charge is 0.497 e. The average Bonchev–Trinajstić information content (AvgIpc) is 2.52. The Morgan fingerprint density at radius 1 is 1.28 bits per heavy atom. The highest BCUT2D eigenvalue weighted by atomic mass is 79.9. The van der Waals surface area contributed by atoms with Gasteiger partial charge in [0.2, 0.25) is 0 Å². The topological polar surface area (TPSA) is 27.7 Å². The first-order valence-electron chi connectivity index (χ1n) is 8.86. The van der Waals surface area contributed by atoms with E-state index in [9.17, 15) is 0 Å². The zero-order chi connectivity index (χ0) is 19.1. The lowest BCUT2D eigenvalue weighted by atomic mass is 10.1. The molecule has 0 heterocycles. The van der Waals surface area contributed by atoms with Crippen LogP contribution in [0.5, 0.6) is 11.5 Å². The predicted molar refractivity (Wildman–Crippen MR) is 112 cm³/mol. The van der Waals surface area contributed by atoms with Crippen molar-refractivity contribution in [3.05, 3.63) is 35.3 Å². The maximum absolute atomic E-state index is 6.60. The SMILES string of the molecule is C=CCCCC(COc1ccc(OC)cc1Br)O[Si](C)(C)C(C)(C)C. The first-order valence-corrected chi connectivity index (χ1v) is 12.6. The Morgan fingerprint density at radius 2 is 1.96 bits per heavy atom. The van der Waals surface area contributed by atoms with E-state index in [0.717, 1.165) is 35.2 Å². The molecule has 0 spiro atoms. The van der Waals surface area contributed by atoms with E-state index in [4.69, 9.17) is 13.9 Å². The summed E-state index contributed by atoms with van der Waals surface area (Å²) in [6.45, 7) is 15.7. The maximum atomic E-state index is 6.60. The third-order valence-electron chi connectivity index (χ3n) is 4.77. The van der Waals surface area contributed by atoms with Gasteiger partial charge in [0, 0.05) is 0 Å². The molecule has 0 N–H and O–H groups in total. The van der Waals surface area contributed by atoms with Crippen LogP contribution < -0.4 is 9.47 Å². The molecule has 3 nitrogen and oxygen atoms in total. The number of allylic oxidation sites excluding steroid dienone is 1. The number of ether oxygens (including phenoxy) is 2. The molecule has 0 saturated carbocycles. The molecule has 0 fully saturated rings. The summed E-state index contributed by atoms with van der Waals surface area (Å²) < 4.78 is 18.8. The number of hydrogen-bond donors (Lipinski definition) is 0. The minimum absolute atomic E-state index is 0.0924. The first-order chi connectivity index (χ1) is 11.6. The second-order valence-corrected chi connectivity index (χ2v) is 13.4. The summed E-state index contributed by atoms with van der Waals surface area (Å²) in [6, 6.07) is 5.74. The van der Waals surface area contributed by atoms with Crippen LogP contribution in [0.4, 0.5) is 0 Å². The van der Waals surface area contributed by atoms with Crippen LogP contribution in [-0.2, 0) is 4.43 Å². The van der Waals surface area contributed by atoms with Crippen molar-refractivity contribution in [1.82, 2.24) is 0 Å². The number of methoxy groups -OCH3 is 1. The van der Waals surface area contributed by atoms with Crippen molar-refractivity contribution in [2.45, 2.75) is 64.3 Å². The van der Waals surface area contributed by atoms with E-state index >= 15 is 0 Å². The molecule has 1 unspecified atom stereocenters. The molecule has 1 rings (SSSR count). The van der Waals surface area contributed by atoms with Gasteiger partial charge in [0.05, 0.1) is 17.7 Å². The van der Waals surface area contributed by atoms with Gasteiger partial charge in [-0.05, 0) is 71.5 Å². The van der Waals surface area contributed by atoms with Crippen molar-refractivity contribution in [3.8, 4) is 11.5 Å². The molecule has 0 aromatic heterocycles. The fourth-order valence-electron chi connectivity index (χ4n) is 2.17. The van der Waals surface area contributed by atoms with E-state index in [2.05, 4.69) is 56.4 Å². The van der Waals surface area contributed by atoms with Crippen LogP contribution in [0.1, 0.15) is 40.0 Å². The van der Waals surface area contributed by atoms with Crippen molar-refractivity contribution >= 4 is 24.2 Å². The Morgan fingerprint density at radius 3 is 2.48 bits per heavy atom. The normalized spacial score (nSPS) is 13.4. The fraction of sp³-hybridized carbons (Fsp3) is 0.600.